The van der Waals surface area contributed by atoms with Crippen molar-refractivity contribution in [3.63, 3.8) is 0 Å². The minimum atomic E-state index is -0.291. The lowest BCUT2D eigenvalue weighted by atomic mass is 10.1. The number of hydrazone groups is 1. The highest BCUT2D eigenvalue weighted by molar-refractivity contribution is 6.30. The van der Waals surface area contributed by atoms with Gasteiger partial charge in [-0.1, -0.05) is 48.0 Å². The van der Waals surface area contributed by atoms with E-state index in [0.717, 1.165) is 38.3 Å². The minimum absolute atomic E-state index is 0.139. The fourth-order valence-electron chi connectivity index (χ4n) is 4.62. The van der Waals surface area contributed by atoms with Gasteiger partial charge in [-0.05, 0) is 77.9 Å². The average molecular weight is 582 g/mol. The Balaban J connectivity index is 1.03. The van der Waals surface area contributed by atoms with Gasteiger partial charge in [0.05, 0.1) is 6.21 Å². The lowest BCUT2D eigenvalue weighted by molar-refractivity contribution is -0.118. The molecule has 0 spiro atoms. The Morgan fingerprint density at radius 3 is 2.31 bits per heavy atom. The average Bonchev–Trinajstić information content (AvgIpc) is 3.02. The van der Waals surface area contributed by atoms with Crippen molar-refractivity contribution in [2.45, 2.75) is 6.54 Å². The largest absolute Gasteiger partial charge is 0.484 e. The van der Waals surface area contributed by atoms with Crippen molar-refractivity contribution in [3.05, 3.63) is 125 Å². The van der Waals surface area contributed by atoms with Crippen LogP contribution in [0.2, 0.25) is 5.02 Å². The first kappa shape index (κ1) is 28.9. The van der Waals surface area contributed by atoms with E-state index in [0.29, 0.717) is 22.0 Å². The molecule has 0 aromatic heterocycles. The molecule has 1 fully saturated rings. The Hall–Kier alpha value is -4.66. The molecule has 2 N–H and O–H groups in total. The highest BCUT2D eigenvalue weighted by Gasteiger charge is 2.17. The first-order chi connectivity index (χ1) is 20.5. The molecule has 1 aliphatic rings. The fraction of sp³-hybridized carbons (Fsp3) is 0.182. The maximum atomic E-state index is 12.6. The summed E-state index contributed by atoms with van der Waals surface area (Å²) in [6.45, 7) is 4.71. The van der Waals surface area contributed by atoms with Gasteiger partial charge in [0.1, 0.15) is 5.75 Å². The summed E-state index contributed by atoms with van der Waals surface area (Å²) in [6.07, 6.45) is 1.55. The third kappa shape index (κ3) is 8.42. The number of piperazine rings is 1. The van der Waals surface area contributed by atoms with E-state index >= 15 is 0 Å². The first-order valence-electron chi connectivity index (χ1n) is 13.7. The Morgan fingerprint density at radius 2 is 1.60 bits per heavy atom. The van der Waals surface area contributed by atoms with Crippen LogP contribution >= 0.6 is 11.6 Å². The quantitative estimate of drug-likeness (QED) is 0.192. The van der Waals surface area contributed by atoms with Crippen molar-refractivity contribution in [1.82, 2.24) is 10.3 Å². The number of carbonyl (C=O) groups excluding carboxylic acids is 2. The maximum Gasteiger partial charge on any atom is 0.271 e. The maximum absolute atomic E-state index is 12.6. The van der Waals surface area contributed by atoms with E-state index in [9.17, 15) is 9.59 Å². The second kappa shape index (κ2) is 14.3. The highest BCUT2D eigenvalue weighted by atomic mass is 35.5. The van der Waals surface area contributed by atoms with E-state index in [2.05, 4.69) is 49.9 Å². The Labute approximate surface area is 250 Å². The molecule has 1 saturated heterocycles. The number of anilines is 2. The van der Waals surface area contributed by atoms with E-state index in [1.807, 2.05) is 30.3 Å². The summed E-state index contributed by atoms with van der Waals surface area (Å²) in [5, 5.41) is 7.34. The van der Waals surface area contributed by atoms with Gasteiger partial charge in [-0.2, -0.15) is 5.10 Å². The van der Waals surface area contributed by atoms with Gasteiger partial charge in [-0.25, -0.2) is 5.43 Å². The monoisotopic (exact) mass is 581 g/mol. The molecule has 214 valence electrons. The lowest BCUT2D eigenvalue weighted by Gasteiger charge is -2.36. The van der Waals surface area contributed by atoms with Crippen molar-refractivity contribution in [3.8, 4) is 5.75 Å². The SMILES string of the molecule is O=C(COc1ccc(/C=N\NC(=O)c2ccc(CN3CCN(c4ccccc4)CC3)cc2)cc1)Nc1cccc(Cl)c1. The number of nitrogens with one attached hydrogen (secondary N) is 2. The summed E-state index contributed by atoms with van der Waals surface area (Å²) in [5.74, 6) is -0.0316. The molecule has 2 amide bonds. The van der Waals surface area contributed by atoms with Crippen LogP contribution in [0.1, 0.15) is 21.5 Å². The van der Waals surface area contributed by atoms with Crippen molar-refractivity contribution in [2.75, 3.05) is 43.0 Å². The molecular formula is C33H32ClN5O3. The molecule has 9 heteroatoms. The zero-order chi connectivity index (χ0) is 29.1. The van der Waals surface area contributed by atoms with Crippen LogP contribution in [0.3, 0.4) is 0 Å². The zero-order valence-corrected chi connectivity index (χ0v) is 23.8. The number of para-hydroxylation sites is 1. The van der Waals surface area contributed by atoms with Gasteiger partial charge < -0.3 is 15.0 Å². The second-order valence-electron chi connectivity index (χ2n) is 9.91. The number of nitrogens with zero attached hydrogens (tertiary/aromatic N) is 3. The van der Waals surface area contributed by atoms with Crippen LogP contribution in [0.4, 0.5) is 11.4 Å². The van der Waals surface area contributed by atoms with Crippen molar-refractivity contribution in [1.29, 1.82) is 0 Å². The van der Waals surface area contributed by atoms with Gasteiger partial charge in [-0.15, -0.1) is 0 Å². The smallest absolute Gasteiger partial charge is 0.271 e. The molecule has 8 nitrogen and oxygen atoms in total. The van der Waals surface area contributed by atoms with Crippen LogP contribution in [0, 0.1) is 0 Å². The van der Waals surface area contributed by atoms with Gasteiger partial charge in [0.15, 0.2) is 6.61 Å². The molecule has 0 saturated carbocycles. The van der Waals surface area contributed by atoms with Crippen LogP contribution < -0.4 is 20.4 Å². The predicted molar refractivity (Wildman–Crippen MR) is 167 cm³/mol. The molecule has 1 aliphatic heterocycles. The lowest BCUT2D eigenvalue weighted by Crippen LogP contribution is -2.45. The van der Waals surface area contributed by atoms with E-state index in [1.54, 1.807) is 54.7 Å². The summed E-state index contributed by atoms with van der Waals surface area (Å²) < 4.78 is 5.54. The predicted octanol–water partition coefficient (Wildman–Crippen LogP) is 5.44. The molecule has 0 unspecified atom stereocenters. The third-order valence-electron chi connectivity index (χ3n) is 6.85. The normalized spacial score (nSPS) is 13.6. The van der Waals surface area contributed by atoms with Gasteiger partial charge in [0.2, 0.25) is 0 Å². The molecule has 0 aliphatic carbocycles. The summed E-state index contributed by atoms with van der Waals surface area (Å²) >= 11 is 5.94. The van der Waals surface area contributed by atoms with Crippen LogP contribution in [-0.2, 0) is 11.3 Å². The number of rotatable bonds is 10. The van der Waals surface area contributed by atoms with Crippen molar-refractivity contribution in [2.24, 2.45) is 5.10 Å². The van der Waals surface area contributed by atoms with E-state index in [4.69, 9.17) is 16.3 Å². The Morgan fingerprint density at radius 1 is 0.857 bits per heavy atom. The highest BCUT2D eigenvalue weighted by Crippen LogP contribution is 2.18. The fourth-order valence-corrected chi connectivity index (χ4v) is 4.81. The molecular weight excluding hydrogens is 550 g/mol. The zero-order valence-electron chi connectivity index (χ0n) is 23.1. The number of hydrogen-bond acceptors (Lipinski definition) is 6. The van der Waals surface area contributed by atoms with Crippen LogP contribution in [0.5, 0.6) is 5.75 Å². The van der Waals surface area contributed by atoms with Crippen molar-refractivity contribution < 1.29 is 14.3 Å². The molecule has 5 rings (SSSR count). The molecule has 4 aromatic carbocycles. The molecule has 0 bridgehead atoms. The van der Waals surface area contributed by atoms with Crippen molar-refractivity contribution >= 4 is 41.0 Å². The number of ether oxygens (including phenoxy) is 1. The van der Waals surface area contributed by atoms with Gasteiger partial charge in [0, 0.05) is 54.7 Å². The molecule has 0 radical (unpaired) electrons. The molecule has 4 aromatic rings. The molecule has 1 heterocycles. The van der Waals surface area contributed by atoms with Crippen LogP contribution in [0.15, 0.2) is 108 Å². The van der Waals surface area contributed by atoms with E-state index in [1.165, 1.54) is 11.3 Å². The van der Waals surface area contributed by atoms with Gasteiger partial charge in [0.25, 0.3) is 11.8 Å². The Kier molecular flexibility index (Phi) is 9.82. The van der Waals surface area contributed by atoms with E-state index in [-0.39, 0.29) is 18.4 Å². The summed E-state index contributed by atoms with van der Waals surface area (Å²) in [6, 6.07) is 32.1. The molecule has 42 heavy (non-hydrogen) atoms. The van der Waals surface area contributed by atoms with Gasteiger partial charge in [-0.3, -0.25) is 14.5 Å². The first-order valence-corrected chi connectivity index (χ1v) is 14.1. The standard InChI is InChI=1S/C33H32ClN5O3/c34-28-5-4-6-29(21-28)36-32(40)24-42-31-15-11-25(12-16-31)22-35-37-33(41)27-13-9-26(10-14-27)23-38-17-19-39(20-18-38)30-7-2-1-3-8-30/h1-16,21-22H,17-20,23-24H2,(H,36,40)(H,37,41)/b35-22-. The summed E-state index contributed by atoms with van der Waals surface area (Å²) in [5.41, 5.74) is 6.94. The topological polar surface area (TPSA) is 86.3 Å². The van der Waals surface area contributed by atoms with Gasteiger partial charge >= 0.3 is 0 Å². The third-order valence-corrected chi connectivity index (χ3v) is 7.09. The number of benzene rings is 4. The second-order valence-corrected chi connectivity index (χ2v) is 10.3. The number of halogens is 1. The number of carbonyl (C=O) groups is 2. The minimum Gasteiger partial charge on any atom is -0.484 e. The molecule has 0 atom stereocenters. The Bertz CT molecular complexity index is 1500. The number of amides is 2. The van der Waals surface area contributed by atoms with Crippen LogP contribution in [0.25, 0.3) is 0 Å². The summed E-state index contributed by atoms with van der Waals surface area (Å²) in [7, 11) is 0. The summed E-state index contributed by atoms with van der Waals surface area (Å²) in [4.78, 5) is 29.5. The van der Waals surface area contributed by atoms with E-state index < -0.39 is 0 Å². The van der Waals surface area contributed by atoms with Crippen LogP contribution in [-0.4, -0.2) is 55.7 Å². The number of hydrogen-bond donors (Lipinski definition) is 2.